The summed E-state index contributed by atoms with van der Waals surface area (Å²) in [6.07, 6.45) is 0. The van der Waals surface area contributed by atoms with Crippen LogP contribution in [0.15, 0.2) is 48.5 Å². The number of anilines is 1. The van der Waals surface area contributed by atoms with Crippen LogP contribution >= 0.6 is 0 Å². The van der Waals surface area contributed by atoms with E-state index in [0.717, 1.165) is 0 Å². The van der Waals surface area contributed by atoms with Gasteiger partial charge in [0.1, 0.15) is 5.69 Å². The van der Waals surface area contributed by atoms with E-state index in [0.29, 0.717) is 37.4 Å². The number of hydrogen-bond donors (Lipinski definition) is 1. The summed E-state index contributed by atoms with van der Waals surface area (Å²) in [5.74, 6) is -0.381. The van der Waals surface area contributed by atoms with Gasteiger partial charge in [-0.25, -0.2) is 0 Å². The first-order chi connectivity index (χ1) is 13.9. The van der Waals surface area contributed by atoms with Crippen molar-refractivity contribution in [1.82, 2.24) is 10.2 Å². The van der Waals surface area contributed by atoms with Crippen LogP contribution in [-0.2, 0) is 0 Å². The zero-order valence-corrected chi connectivity index (χ0v) is 16.5. The maximum absolute atomic E-state index is 12.6. The van der Waals surface area contributed by atoms with Gasteiger partial charge in [-0.2, -0.15) is 0 Å². The van der Waals surface area contributed by atoms with E-state index in [9.17, 15) is 19.7 Å². The van der Waals surface area contributed by atoms with Gasteiger partial charge in [0, 0.05) is 49.4 Å². The molecule has 0 aliphatic carbocycles. The summed E-state index contributed by atoms with van der Waals surface area (Å²) in [4.78, 5) is 39.5. The minimum absolute atomic E-state index is 0.0412. The fourth-order valence-corrected chi connectivity index (χ4v) is 3.34. The van der Waals surface area contributed by atoms with Gasteiger partial charge in [-0.15, -0.1) is 0 Å². The van der Waals surface area contributed by atoms with Crippen LogP contribution in [0.2, 0.25) is 0 Å². The molecular formula is C21H24N4O4. The Hall–Kier alpha value is -3.42. The summed E-state index contributed by atoms with van der Waals surface area (Å²) in [6.45, 7) is 5.57. The average Bonchev–Trinajstić information content (AvgIpc) is 2.73. The molecule has 0 atom stereocenters. The Bertz CT molecular complexity index is 906. The topological polar surface area (TPSA) is 95.8 Å². The van der Waals surface area contributed by atoms with Crippen molar-refractivity contribution in [2.75, 3.05) is 31.1 Å². The predicted molar refractivity (Wildman–Crippen MR) is 110 cm³/mol. The summed E-state index contributed by atoms with van der Waals surface area (Å²) in [5, 5.41) is 14.3. The fraction of sp³-hybridized carbons (Fsp3) is 0.333. The van der Waals surface area contributed by atoms with E-state index in [1.165, 1.54) is 6.07 Å². The average molecular weight is 396 g/mol. The lowest BCUT2D eigenvalue weighted by molar-refractivity contribution is -0.384. The number of nitrogens with one attached hydrogen (secondary N) is 1. The Balaban J connectivity index is 1.73. The number of amides is 2. The maximum Gasteiger partial charge on any atom is 0.293 e. The predicted octanol–water partition coefficient (Wildman–Crippen LogP) is 2.70. The molecule has 8 nitrogen and oxygen atoms in total. The lowest BCUT2D eigenvalue weighted by atomic mass is 10.1. The molecule has 0 saturated carbocycles. The van der Waals surface area contributed by atoms with Gasteiger partial charge in [0.05, 0.1) is 4.92 Å². The second-order valence-corrected chi connectivity index (χ2v) is 7.23. The second-order valence-electron chi connectivity index (χ2n) is 7.23. The van der Waals surface area contributed by atoms with Gasteiger partial charge in [-0.3, -0.25) is 19.7 Å². The molecule has 0 unspecified atom stereocenters. The second kappa shape index (κ2) is 8.72. The Labute approximate surface area is 169 Å². The quantitative estimate of drug-likeness (QED) is 0.619. The zero-order chi connectivity index (χ0) is 21.0. The highest BCUT2D eigenvalue weighted by Gasteiger charge is 2.27. The lowest BCUT2D eigenvalue weighted by Crippen LogP contribution is -2.49. The minimum Gasteiger partial charge on any atom is -0.362 e. The van der Waals surface area contributed by atoms with E-state index in [-0.39, 0.29) is 29.1 Å². The molecule has 2 aromatic carbocycles. The van der Waals surface area contributed by atoms with Crippen LogP contribution in [-0.4, -0.2) is 53.9 Å². The van der Waals surface area contributed by atoms with Crippen LogP contribution in [0.1, 0.15) is 34.6 Å². The molecule has 2 amide bonds. The molecule has 1 heterocycles. The molecule has 152 valence electrons. The molecule has 0 spiro atoms. The molecule has 1 fully saturated rings. The highest BCUT2D eigenvalue weighted by atomic mass is 16.6. The molecule has 1 aliphatic heterocycles. The normalized spacial score (nSPS) is 14.0. The van der Waals surface area contributed by atoms with Gasteiger partial charge in [-0.1, -0.05) is 18.2 Å². The van der Waals surface area contributed by atoms with Crippen molar-refractivity contribution >= 4 is 23.2 Å². The van der Waals surface area contributed by atoms with Crippen molar-refractivity contribution in [2.24, 2.45) is 0 Å². The van der Waals surface area contributed by atoms with Crippen LogP contribution in [0.5, 0.6) is 0 Å². The number of nitro benzene ring substituents is 1. The molecule has 0 aromatic heterocycles. The van der Waals surface area contributed by atoms with E-state index in [1.54, 1.807) is 29.2 Å². The first-order valence-corrected chi connectivity index (χ1v) is 9.55. The number of nitrogens with zero attached hydrogens (tertiary/aromatic N) is 3. The molecule has 8 heteroatoms. The lowest BCUT2D eigenvalue weighted by Gasteiger charge is -2.35. The van der Waals surface area contributed by atoms with Crippen LogP contribution in [0, 0.1) is 10.1 Å². The molecule has 0 radical (unpaired) electrons. The Morgan fingerprint density at radius 2 is 1.66 bits per heavy atom. The molecule has 3 rings (SSSR count). The standard InChI is InChI=1S/C21H24N4O4/c1-15(2)22-20(26)17-8-9-18(19(14-17)25(28)29)23-10-12-24(13-11-23)21(27)16-6-4-3-5-7-16/h3-9,14-15H,10-13H2,1-2H3,(H,22,26). The van der Waals surface area contributed by atoms with Crippen LogP contribution in [0.3, 0.4) is 0 Å². The van der Waals surface area contributed by atoms with Crippen molar-refractivity contribution in [2.45, 2.75) is 19.9 Å². The smallest absolute Gasteiger partial charge is 0.293 e. The third kappa shape index (κ3) is 4.71. The minimum atomic E-state index is -0.469. The maximum atomic E-state index is 12.6. The molecular weight excluding hydrogens is 372 g/mol. The molecule has 1 saturated heterocycles. The monoisotopic (exact) mass is 396 g/mol. The highest BCUT2D eigenvalue weighted by molar-refractivity contribution is 5.96. The largest absolute Gasteiger partial charge is 0.362 e. The van der Waals surface area contributed by atoms with Crippen molar-refractivity contribution in [1.29, 1.82) is 0 Å². The number of hydrogen-bond acceptors (Lipinski definition) is 5. The Morgan fingerprint density at radius 1 is 1.00 bits per heavy atom. The van der Waals surface area contributed by atoms with E-state index in [4.69, 9.17) is 0 Å². The van der Waals surface area contributed by atoms with Crippen LogP contribution < -0.4 is 10.2 Å². The summed E-state index contributed by atoms with van der Waals surface area (Å²) in [7, 11) is 0. The van der Waals surface area contributed by atoms with Gasteiger partial charge in [-0.05, 0) is 38.1 Å². The molecule has 2 aromatic rings. The Kier molecular flexibility index (Phi) is 6.11. The van der Waals surface area contributed by atoms with E-state index >= 15 is 0 Å². The number of benzene rings is 2. The van der Waals surface area contributed by atoms with Crippen molar-refractivity contribution in [3.63, 3.8) is 0 Å². The first kappa shape index (κ1) is 20.3. The zero-order valence-electron chi connectivity index (χ0n) is 16.5. The van der Waals surface area contributed by atoms with Crippen molar-refractivity contribution in [3.05, 3.63) is 69.8 Å². The first-order valence-electron chi connectivity index (χ1n) is 9.55. The third-order valence-electron chi connectivity index (χ3n) is 4.78. The fourth-order valence-electron chi connectivity index (χ4n) is 3.34. The summed E-state index contributed by atoms with van der Waals surface area (Å²) in [5.41, 5.74) is 1.24. The number of rotatable bonds is 5. The van der Waals surface area contributed by atoms with Crippen molar-refractivity contribution in [3.8, 4) is 0 Å². The van der Waals surface area contributed by atoms with Gasteiger partial charge in [0.25, 0.3) is 17.5 Å². The number of carbonyl (C=O) groups excluding carboxylic acids is 2. The third-order valence-corrected chi connectivity index (χ3v) is 4.78. The summed E-state index contributed by atoms with van der Waals surface area (Å²) < 4.78 is 0. The molecule has 29 heavy (non-hydrogen) atoms. The van der Waals surface area contributed by atoms with E-state index in [1.807, 2.05) is 36.9 Å². The van der Waals surface area contributed by atoms with Crippen molar-refractivity contribution < 1.29 is 14.5 Å². The summed E-state index contributed by atoms with van der Waals surface area (Å²) in [6, 6.07) is 13.5. The number of piperazine rings is 1. The van der Waals surface area contributed by atoms with Gasteiger partial charge in [0.15, 0.2) is 0 Å². The molecule has 1 aliphatic rings. The SMILES string of the molecule is CC(C)NC(=O)c1ccc(N2CCN(C(=O)c3ccccc3)CC2)c([N+](=O)[O-])c1. The van der Waals surface area contributed by atoms with E-state index < -0.39 is 4.92 Å². The van der Waals surface area contributed by atoms with Gasteiger partial charge in [0.2, 0.25) is 0 Å². The van der Waals surface area contributed by atoms with Gasteiger partial charge >= 0.3 is 0 Å². The Morgan fingerprint density at radius 3 is 2.24 bits per heavy atom. The van der Waals surface area contributed by atoms with Gasteiger partial charge < -0.3 is 15.1 Å². The molecule has 1 N–H and O–H groups in total. The highest BCUT2D eigenvalue weighted by Crippen LogP contribution is 2.30. The number of carbonyl (C=O) groups is 2. The van der Waals surface area contributed by atoms with Crippen LogP contribution in [0.25, 0.3) is 0 Å². The molecule has 0 bridgehead atoms. The van der Waals surface area contributed by atoms with E-state index in [2.05, 4.69) is 5.32 Å². The number of nitro groups is 1. The van der Waals surface area contributed by atoms with Crippen LogP contribution in [0.4, 0.5) is 11.4 Å². The summed E-state index contributed by atoms with van der Waals surface area (Å²) >= 11 is 0.